The highest BCUT2D eigenvalue weighted by Crippen LogP contribution is 2.21. The predicted molar refractivity (Wildman–Crippen MR) is 112 cm³/mol. The summed E-state index contributed by atoms with van der Waals surface area (Å²) in [7, 11) is 0. The number of aliphatic hydroxyl groups is 1. The Hall–Kier alpha value is -2.43. The van der Waals surface area contributed by atoms with Crippen molar-refractivity contribution in [3.63, 3.8) is 0 Å². The number of benzene rings is 1. The minimum atomic E-state index is -1.43. The SMILES string of the molecule is CCCCOC(=O)CCC(=O)OC[C@@H](NC(=O)C(Cl)Cl)[C@H](O)c1ccc([N+](=O)[O-])cc1. The van der Waals surface area contributed by atoms with Crippen LogP contribution in [0.4, 0.5) is 5.69 Å². The summed E-state index contributed by atoms with van der Waals surface area (Å²) in [4.78, 5) is 44.0. The molecule has 0 spiro atoms. The molecule has 0 bridgehead atoms. The molecule has 2 atom stereocenters. The molecule has 31 heavy (non-hydrogen) atoms. The number of non-ortho nitro benzene ring substituents is 1. The highest BCUT2D eigenvalue weighted by atomic mass is 35.5. The number of hydrogen-bond donors (Lipinski definition) is 2. The van der Waals surface area contributed by atoms with Gasteiger partial charge in [-0.15, -0.1) is 0 Å². The molecule has 0 heterocycles. The number of carbonyl (C=O) groups is 3. The van der Waals surface area contributed by atoms with Crippen LogP contribution in [0.2, 0.25) is 0 Å². The van der Waals surface area contributed by atoms with Crippen molar-refractivity contribution in [1.82, 2.24) is 5.32 Å². The molecule has 0 aromatic heterocycles. The monoisotopic (exact) mass is 478 g/mol. The lowest BCUT2D eigenvalue weighted by atomic mass is 10.0. The molecule has 1 aromatic rings. The maximum absolute atomic E-state index is 11.9. The van der Waals surface area contributed by atoms with Crippen LogP contribution in [0.5, 0.6) is 0 Å². The lowest BCUT2D eigenvalue weighted by Gasteiger charge is -2.24. The van der Waals surface area contributed by atoms with Crippen LogP contribution in [-0.2, 0) is 23.9 Å². The molecule has 12 heteroatoms. The minimum Gasteiger partial charge on any atom is -0.466 e. The van der Waals surface area contributed by atoms with Crippen molar-refractivity contribution in [2.24, 2.45) is 0 Å². The van der Waals surface area contributed by atoms with E-state index in [1.807, 2.05) is 6.92 Å². The van der Waals surface area contributed by atoms with Gasteiger partial charge in [0.25, 0.3) is 11.6 Å². The minimum absolute atomic E-state index is 0.171. The molecule has 0 fully saturated rings. The Kier molecular flexibility index (Phi) is 11.8. The standard InChI is InChI=1S/C19H24Cl2N2O8/c1-2-3-10-30-15(24)8-9-16(25)31-11-14(22-19(27)18(20)21)17(26)12-4-6-13(7-5-12)23(28)29/h4-7,14,17-18,26H,2-3,8-11H2,1H3,(H,22,27)/t14-,17-/m1/s1. The first-order valence-corrected chi connectivity index (χ1v) is 10.3. The summed E-state index contributed by atoms with van der Waals surface area (Å²) in [5.41, 5.74) is 0.0440. The van der Waals surface area contributed by atoms with Crippen molar-refractivity contribution >= 4 is 46.7 Å². The molecule has 1 rings (SSSR count). The third-order valence-electron chi connectivity index (χ3n) is 4.07. The summed E-state index contributed by atoms with van der Waals surface area (Å²) in [6.45, 7) is 1.77. The maximum atomic E-state index is 11.9. The number of carbonyl (C=O) groups excluding carboxylic acids is 3. The molecule has 1 aromatic carbocycles. The summed E-state index contributed by atoms with van der Waals surface area (Å²) in [6.07, 6.45) is -0.211. The summed E-state index contributed by atoms with van der Waals surface area (Å²) in [5, 5.41) is 23.7. The quantitative estimate of drug-likeness (QED) is 0.144. The van der Waals surface area contributed by atoms with E-state index in [0.29, 0.717) is 0 Å². The molecular formula is C19H24Cl2N2O8. The molecule has 0 aliphatic carbocycles. The number of aliphatic hydroxyl groups excluding tert-OH is 1. The van der Waals surface area contributed by atoms with E-state index in [9.17, 15) is 29.6 Å². The van der Waals surface area contributed by atoms with E-state index in [2.05, 4.69) is 5.32 Å². The molecule has 1 amide bonds. The number of nitro groups is 1. The number of esters is 2. The van der Waals surface area contributed by atoms with Gasteiger partial charge in [0, 0.05) is 12.1 Å². The number of ether oxygens (including phenoxy) is 2. The van der Waals surface area contributed by atoms with Gasteiger partial charge in [0.05, 0.1) is 30.4 Å². The fraction of sp³-hybridized carbons (Fsp3) is 0.526. The van der Waals surface area contributed by atoms with Gasteiger partial charge in [0.1, 0.15) is 12.7 Å². The fourth-order valence-electron chi connectivity index (χ4n) is 2.34. The van der Waals surface area contributed by atoms with Gasteiger partial charge in [-0.05, 0) is 24.1 Å². The predicted octanol–water partition coefficient (Wildman–Crippen LogP) is 2.58. The van der Waals surface area contributed by atoms with Crippen molar-refractivity contribution in [2.45, 2.75) is 49.6 Å². The molecule has 172 valence electrons. The summed E-state index contributed by atoms with van der Waals surface area (Å²) < 4.78 is 9.99. The van der Waals surface area contributed by atoms with Gasteiger partial charge in [-0.3, -0.25) is 24.5 Å². The Labute approximate surface area is 188 Å². The van der Waals surface area contributed by atoms with Crippen LogP contribution in [-0.4, -0.2) is 52.0 Å². The van der Waals surface area contributed by atoms with Crippen LogP contribution in [0.25, 0.3) is 0 Å². The lowest BCUT2D eigenvalue weighted by Crippen LogP contribution is -2.45. The molecule has 0 saturated carbocycles. The second-order valence-corrected chi connectivity index (χ2v) is 7.56. The third kappa shape index (κ3) is 9.95. The van der Waals surface area contributed by atoms with Crippen LogP contribution in [0.3, 0.4) is 0 Å². The van der Waals surface area contributed by atoms with Crippen molar-refractivity contribution < 1.29 is 33.9 Å². The number of nitrogens with zero attached hydrogens (tertiary/aromatic N) is 1. The molecule has 0 aliphatic rings. The van der Waals surface area contributed by atoms with Gasteiger partial charge in [0.2, 0.25) is 0 Å². The summed E-state index contributed by atoms with van der Waals surface area (Å²) >= 11 is 11.0. The molecular weight excluding hydrogens is 455 g/mol. The molecule has 0 aliphatic heterocycles. The molecule has 2 N–H and O–H groups in total. The smallest absolute Gasteiger partial charge is 0.306 e. The zero-order valence-electron chi connectivity index (χ0n) is 16.8. The normalized spacial score (nSPS) is 12.7. The average Bonchev–Trinajstić information content (AvgIpc) is 2.74. The van der Waals surface area contributed by atoms with E-state index >= 15 is 0 Å². The first-order chi connectivity index (χ1) is 14.6. The summed E-state index contributed by atoms with van der Waals surface area (Å²) in [5.74, 6) is -2.10. The third-order valence-corrected chi connectivity index (χ3v) is 4.47. The lowest BCUT2D eigenvalue weighted by molar-refractivity contribution is -0.384. The van der Waals surface area contributed by atoms with Crippen molar-refractivity contribution in [3.05, 3.63) is 39.9 Å². The average molecular weight is 479 g/mol. The number of hydrogen-bond acceptors (Lipinski definition) is 8. The van der Waals surface area contributed by atoms with Gasteiger partial charge in [0.15, 0.2) is 4.84 Å². The second kappa shape index (κ2) is 13.8. The maximum Gasteiger partial charge on any atom is 0.306 e. The van der Waals surface area contributed by atoms with Crippen LogP contribution in [0.1, 0.15) is 44.3 Å². The number of amides is 1. The van der Waals surface area contributed by atoms with Gasteiger partial charge in [-0.25, -0.2) is 0 Å². The fourth-order valence-corrected chi connectivity index (χ4v) is 2.47. The zero-order chi connectivity index (χ0) is 23.4. The van der Waals surface area contributed by atoms with E-state index in [-0.39, 0.29) is 30.7 Å². The Bertz CT molecular complexity index is 758. The van der Waals surface area contributed by atoms with E-state index < -0.39 is 46.4 Å². The Morgan fingerprint density at radius 2 is 1.71 bits per heavy atom. The Balaban J connectivity index is 2.71. The van der Waals surface area contributed by atoms with Gasteiger partial charge >= 0.3 is 11.9 Å². The number of alkyl halides is 2. The van der Waals surface area contributed by atoms with E-state index in [0.717, 1.165) is 12.8 Å². The molecule has 0 saturated heterocycles. The Morgan fingerprint density at radius 1 is 1.13 bits per heavy atom. The van der Waals surface area contributed by atoms with Crippen LogP contribution in [0, 0.1) is 10.1 Å². The zero-order valence-corrected chi connectivity index (χ0v) is 18.3. The van der Waals surface area contributed by atoms with E-state index in [1.54, 1.807) is 0 Å². The highest BCUT2D eigenvalue weighted by molar-refractivity contribution is 6.53. The molecule has 0 unspecified atom stereocenters. The number of nitrogens with one attached hydrogen (secondary N) is 1. The van der Waals surface area contributed by atoms with Crippen molar-refractivity contribution in [2.75, 3.05) is 13.2 Å². The van der Waals surface area contributed by atoms with Crippen molar-refractivity contribution in [3.8, 4) is 0 Å². The molecule has 10 nitrogen and oxygen atoms in total. The first kappa shape index (κ1) is 26.6. The van der Waals surface area contributed by atoms with E-state index in [1.165, 1.54) is 24.3 Å². The van der Waals surface area contributed by atoms with E-state index in [4.69, 9.17) is 32.7 Å². The van der Waals surface area contributed by atoms with Gasteiger partial charge in [-0.2, -0.15) is 0 Å². The topological polar surface area (TPSA) is 145 Å². The number of rotatable bonds is 13. The second-order valence-electron chi connectivity index (χ2n) is 6.47. The van der Waals surface area contributed by atoms with Crippen LogP contribution in [0.15, 0.2) is 24.3 Å². The highest BCUT2D eigenvalue weighted by Gasteiger charge is 2.27. The largest absolute Gasteiger partial charge is 0.466 e. The molecule has 0 radical (unpaired) electrons. The van der Waals surface area contributed by atoms with Crippen LogP contribution < -0.4 is 5.32 Å². The number of halogens is 2. The van der Waals surface area contributed by atoms with Crippen LogP contribution >= 0.6 is 23.2 Å². The van der Waals surface area contributed by atoms with Gasteiger partial charge in [-0.1, -0.05) is 36.5 Å². The van der Waals surface area contributed by atoms with Crippen molar-refractivity contribution in [1.29, 1.82) is 0 Å². The number of unbranched alkanes of at least 4 members (excludes halogenated alkanes) is 1. The van der Waals surface area contributed by atoms with Gasteiger partial charge < -0.3 is 19.9 Å². The first-order valence-electron chi connectivity index (χ1n) is 9.47. The Morgan fingerprint density at radius 3 is 2.23 bits per heavy atom. The number of nitro benzene ring substituents is 1. The summed E-state index contributed by atoms with van der Waals surface area (Å²) in [6, 6.07) is 3.82.